The Labute approximate surface area is 144 Å². The van der Waals surface area contributed by atoms with Gasteiger partial charge in [-0.2, -0.15) is 0 Å². The van der Waals surface area contributed by atoms with Crippen molar-refractivity contribution in [3.63, 3.8) is 0 Å². The standard InChI is InChI=1S/C17H19N3O3S/c18-12-3-1-11(7-12)16(21)20-17-19-13(9-24-17)10-2-4-14-15(8-10)23-6-5-22-14/h2,4,8-9,11-12H,1,3,5-7,18H2,(H,19,20,21). The molecule has 1 aromatic carbocycles. The molecule has 4 rings (SSSR count). The summed E-state index contributed by atoms with van der Waals surface area (Å²) >= 11 is 1.42. The number of amides is 1. The van der Waals surface area contributed by atoms with Crippen LogP contribution < -0.4 is 20.5 Å². The first-order valence-corrected chi connectivity index (χ1v) is 8.99. The van der Waals surface area contributed by atoms with E-state index in [9.17, 15) is 4.79 Å². The number of fused-ring (bicyclic) bond motifs is 1. The van der Waals surface area contributed by atoms with Gasteiger partial charge in [0, 0.05) is 22.9 Å². The van der Waals surface area contributed by atoms with E-state index in [2.05, 4.69) is 10.3 Å². The highest BCUT2D eigenvalue weighted by Gasteiger charge is 2.28. The van der Waals surface area contributed by atoms with Gasteiger partial charge in [0.1, 0.15) is 13.2 Å². The molecule has 6 nitrogen and oxygen atoms in total. The van der Waals surface area contributed by atoms with Crippen LogP contribution in [0.2, 0.25) is 0 Å². The molecule has 2 aliphatic rings. The zero-order valence-electron chi connectivity index (χ0n) is 13.2. The maximum Gasteiger partial charge on any atom is 0.229 e. The molecule has 2 aromatic rings. The Morgan fingerprint density at radius 1 is 1.25 bits per heavy atom. The van der Waals surface area contributed by atoms with Gasteiger partial charge in [0.2, 0.25) is 5.91 Å². The number of hydrogen-bond acceptors (Lipinski definition) is 6. The van der Waals surface area contributed by atoms with E-state index < -0.39 is 0 Å². The average Bonchev–Trinajstić information content (AvgIpc) is 3.23. The average molecular weight is 345 g/mol. The summed E-state index contributed by atoms with van der Waals surface area (Å²) in [6.45, 7) is 1.13. The predicted molar refractivity (Wildman–Crippen MR) is 92.5 cm³/mol. The Balaban J connectivity index is 1.47. The maximum absolute atomic E-state index is 12.3. The van der Waals surface area contributed by atoms with Gasteiger partial charge in [0.15, 0.2) is 16.6 Å². The highest BCUT2D eigenvalue weighted by atomic mass is 32.1. The summed E-state index contributed by atoms with van der Waals surface area (Å²) in [7, 11) is 0. The molecule has 7 heteroatoms. The second-order valence-corrected chi connectivity index (χ2v) is 7.01. The molecule has 1 aliphatic heterocycles. The normalized spacial score (nSPS) is 22.4. The Morgan fingerprint density at radius 3 is 2.88 bits per heavy atom. The summed E-state index contributed by atoms with van der Waals surface area (Å²) in [5.41, 5.74) is 7.64. The minimum Gasteiger partial charge on any atom is -0.486 e. The molecule has 2 atom stereocenters. The van der Waals surface area contributed by atoms with Crippen molar-refractivity contribution in [2.75, 3.05) is 18.5 Å². The number of carbonyl (C=O) groups is 1. The molecule has 2 heterocycles. The molecule has 0 spiro atoms. The largest absolute Gasteiger partial charge is 0.486 e. The number of aromatic nitrogens is 1. The van der Waals surface area contributed by atoms with E-state index in [0.29, 0.717) is 18.3 Å². The molecule has 1 saturated carbocycles. The van der Waals surface area contributed by atoms with Crippen molar-refractivity contribution in [1.29, 1.82) is 0 Å². The van der Waals surface area contributed by atoms with Crippen LogP contribution in [0.1, 0.15) is 19.3 Å². The zero-order valence-corrected chi connectivity index (χ0v) is 14.0. The number of nitrogens with one attached hydrogen (secondary N) is 1. The maximum atomic E-state index is 12.3. The number of anilines is 1. The third-order valence-corrected chi connectivity index (χ3v) is 5.17. The Morgan fingerprint density at radius 2 is 2.08 bits per heavy atom. The number of thiazole rings is 1. The number of rotatable bonds is 3. The van der Waals surface area contributed by atoms with Gasteiger partial charge in [-0.25, -0.2) is 4.98 Å². The molecule has 1 aromatic heterocycles. The SMILES string of the molecule is NC1CCC(C(=O)Nc2nc(-c3ccc4c(c3)OCCO4)cs2)C1. The predicted octanol–water partition coefficient (Wildman–Crippen LogP) is 2.65. The quantitative estimate of drug-likeness (QED) is 0.893. The van der Waals surface area contributed by atoms with E-state index in [4.69, 9.17) is 15.2 Å². The second-order valence-electron chi connectivity index (χ2n) is 6.16. The summed E-state index contributed by atoms with van der Waals surface area (Å²) in [5, 5.41) is 5.46. The van der Waals surface area contributed by atoms with Crippen molar-refractivity contribution < 1.29 is 14.3 Å². The van der Waals surface area contributed by atoms with Gasteiger partial charge in [-0.1, -0.05) is 0 Å². The highest BCUT2D eigenvalue weighted by Crippen LogP contribution is 2.35. The van der Waals surface area contributed by atoms with Crippen molar-refractivity contribution in [3.05, 3.63) is 23.6 Å². The van der Waals surface area contributed by atoms with Gasteiger partial charge in [0.25, 0.3) is 0 Å². The summed E-state index contributed by atoms with van der Waals surface area (Å²) in [6, 6.07) is 5.90. The van der Waals surface area contributed by atoms with Crippen molar-refractivity contribution >= 4 is 22.4 Å². The molecule has 24 heavy (non-hydrogen) atoms. The van der Waals surface area contributed by atoms with Crippen LogP contribution in [0.15, 0.2) is 23.6 Å². The van der Waals surface area contributed by atoms with E-state index >= 15 is 0 Å². The Hall–Kier alpha value is -2.12. The fraction of sp³-hybridized carbons (Fsp3) is 0.412. The first-order valence-electron chi connectivity index (χ1n) is 8.11. The molecule has 0 bridgehead atoms. The minimum atomic E-state index is 0.00152. The molecule has 1 amide bonds. The molecule has 126 valence electrons. The van der Waals surface area contributed by atoms with Crippen LogP contribution in [-0.4, -0.2) is 30.1 Å². The topological polar surface area (TPSA) is 86.5 Å². The number of nitrogens with two attached hydrogens (primary N) is 1. The van der Waals surface area contributed by atoms with Crippen molar-refractivity contribution in [2.24, 2.45) is 11.7 Å². The summed E-state index contributed by atoms with van der Waals surface area (Å²) in [4.78, 5) is 16.8. The third kappa shape index (κ3) is 3.09. The molecular formula is C17H19N3O3S. The summed E-state index contributed by atoms with van der Waals surface area (Å²) in [5.74, 6) is 1.51. The van der Waals surface area contributed by atoms with Gasteiger partial charge in [-0.15, -0.1) is 11.3 Å². The van der Waals surface area contributed by atoms with Crippen LogP contribution in [0.25, 0.3) is 11.3 Å². The highest BCUT2D eigenvalue weighted by molar-refractivity contribution is 7.14. The fourth-order valence-electron chi connectivity index (χ4n) is 3.13. The number of benzene rings is 1. The zero-order chi connectivity index (χ0) is 16.5. The van der Waals surface area contributed by atoms with Crippen molar-refractivity contribution in [1.82, 2.24) is 4.98 Å². The molecule has 2 unspecified atom stereocenters. The van der Waals surface area contributed by atoms with Gasteiger partial charge in [-0.05, 0) is 37.5 Å². The van der Waals surface area contributed by atoms with Gasteiger partial charge < -0.3 is 20.5 Å². The van der Waals surface area contributed by atoms with Crippen molar-refractivity contribution in [3.8, 4) is 22.8 Å². The minimum absolute atomic E-state index is 0.00152. The Bertz CT molecular complexity index is 761. The van der Waals surface area contributed by atoms with E-state index in [-0.39, 0.29) is 17.9 Å². The van der Waals surface area contributed by atoms with E-state index in [1.54, 1.807) is 0 Å². The van der Waals surface area contributed by atoms with Crippen LogP contribution in [0.5, 0.6) is 11.5 Å². The molecule has 1 fully saturated rings. The lowest BCUT2D eigenvalue weighted by molar-refractivity contribution is -0.119. The van der Waals surface area contributed by atoms with Crippen LogP contribution >= 0.6 is 11.3 Å². The lowest BCUT2D eigenvalue weighted by Crippen LogP contribution is -2.23. The van der Waals surface area contributed by atoms with Crippen LogP contribution in [0.3, 0.4) is 0 Å². The molecule has 3 N–H and O–H groups in total. The smallest absolute Gasteiger partial charge is 0.229 e. The number of carbonyl (C=O) groups excluding carboxylic acids is 1. The van der Waals surface area contributed by atoms with Gasteiger partial charge in [-0.3, -0.25) is 4.79 Å². The van der Waals surface area contributed by atoms with Crippen LogP contribution in [0.4, 0.5) is 5.13 Å². The van der Waals surface area contributed by atoms with E-state index in [1.807, 2.05) is 23.6 Å². The van der Waals surface area contributed by atoms with Crippen LogP contribution in [-0.2, 0) is 4.79 Å². The van der Waals surface area contributed by atoms with E-state index in [1.165, 1.54) is 11.3 Å². The first kappa shape index (κ1) is 15.4. The molecule has 1 aliphatic carbocycles. The van der Waals surface area contributed by atoms with Crippen molar-refractivity contribution in [2.45, 2.75) is 25.3 Å². The Kier molecular flexibility index (Phi) is 4.12. The van der Waals surface area contributed by atoms with Crippen LogP contribution in [0, 0.1) is 5.92 Å². The summed E-state index contributed by atoms with van der Waals surface area (Å²) in [6.07, 6.45) is 2.53. The molecule has 0 radical (unpaired) electrons. The fourth-order valence-corrected chi connectivity index (χ4v) is 3.85. The monoisotopic (exact) mass is 345 g/mol. The number of ether oxygens (including phenoxy) is 2. The van der Waals surface area contributed by atoms with Gasteiger partial charge >= 0.3 is 0 Å². The molecule has 0 saturated heterocycles. The third-order valence-electron chi connectivity index (χ3n) is 4.42. The molecular weight excluding hydrogens is 326 g/mol. The number of nitrogens with zero attached hydrogens (tertiary/aromatic N) is 1. The van der Waals surface area contributed by atoms with Gasteiger partial charge in [0.05, 0.1) is 5.69 Å². The second kappa shape index (κ2) is 6.41. The number of hydrogen-bond donors (Lipinski definition) is 2. The summed E-state index contributed by atoms with van der Waals surface area (Å²) < 4.78 is 11.1. The lowest BCUT2D eigenvalue weighted by Gasteiger charge is -2.18. The first-order chi connectivity index (χ1) is 11.7. The lowest BCUT2D eigenvalue weighted by atomic mass is 10.1. The van der Waals surface area contributed by atoms with E-state index in [0.717, 1.165) is 42.0 Å².